The van der Waals surface area contributed by atoms with Gasteiger partial charge in [0, 0.05) is 5.56 Å². The van der Waals surface area contributed by atoms with Gasteiger partial charge >= 0.3 is 11.9 Å². The van der Waals surface area contributed by atoms with Crippen molar-refractivity contribution in [1.29, 1.82) is 0 Å². The molecule has 0 unspecified atom stereocenters. The van der Waals surface area contributed by atoms with Gasteiger partial charge in [0.05, 0.1) is 26.5 Å². The number of aryl methyl sites for hydroxylation is 1. The normalized spacial score (nSPS) is 10.6. The van der Waals surface area contributed by atoms with E-state index >= 15 is 0 Å². The molecule has 1 heterocycles. The molecular formula is C25H28N2O5. The highest BCUT2D eigenvalue weighted by molar-refractivity contribution is 6.07. The van der Waals surface area contributed by atoms with E-state index in [1.807, 2.05) is 43.3 Å². The predicted octanol–water partition coefficient (Wildman–Crippen LogP) is 4.99. The van der Waals surface area contributed by atoms with Crippen LogP contribution in [0.5, 0.6) is 5.75 Å². The van der Waals surface area contributed by atoms with Crippen molar-refractivity contribution in [2.75, 3.05) is 20.8 Å². The highest BCUT2D eigenvalue weighted by Gasteiger charge is 2.32. The lowest BCUT2D eigenvalue weighted by atomic mass is 10.0. The van der Waals surface area contributed by atoms with Crippen LogP contribution in [0.4, 0.5) is 0 Å². The van der Waals surface area contributed by atoms with E-state index in [9.17, 15) is 9.59 Å². The van der Waals surface area contributed by atoms with Crippen molar-refractivity contribution in [3.8, 4) is 22.7 Å². The van der Waals surface area contributed by atoms with Crippen LogP contribution in [0.1, 0.15) is 52.6 Å². The number of unbranched alkanes of at least 4 members (excludes halogenated alkanes) is 2. The molecule has 0 saturated carbocycles. The van der Waals surface area contributed by atoms with Gasteiger partial charge in [-0.25, -0.2) is 14.3 Å². The van der Waals surface area contributed by atoms with E-state index in [0.29, 0.717) is 29.3 Å². The lowest BCUT2D eigenvalue weighted by Gasteiger charge is -2.12. The molecule has 0 bridgehead atoms. The maximum atomic E-state index is 12.9. The van der Waals surface area contributed by atoms with Crippen molar-refractivity contribution in [3.63, 3.8) is 0 Å². The summed E-state index contributed by atoms with van der Waals surface area (Å²) in [5.41, 5.74) is 2.52. The van der Waals surface area contributed by atoms with Crippen molar-refractivity contribution in [3.05, 3.63) is 65.4 Å². The Kier molecular flexibility index (Phi) is 7.65. The topological polar surface area (TPSA) is 79.7 Å². The smallest absolute Gasteiger partial charge is 0.357 e. The zero-order chi connectivity index (χ0) is 23.1. The Morgan fingerprint density at radius 1 is 0.969 bits per heavy atom. The quantitative estimate of drug-likeness (QED) is 0.347. The molecule has 0 aliphatic carbocycles. The third-order valence-electron chi connectivity index (χ3n) is 5.05. The largest absolute Gasteiger partial charge is 0.493 e. The van der Waals surface area contributed by atoms with Crippen molar-refractivity contribution in [1.82, 2.24) is 9.78 Å². The monoisotopic (exact) mass is 436 g/mol. The molecule has 0 amide bonds. The number of hydrogen-bond donors (Lipinski definition) is 0. The number of esters is 2. The van der Waals surface area contributed by atoms with E-state index in [4.69, 9.17) is 14.2 Å². The van der Waals surface area contributed by atoms with Crippen LogP contribution in [0.25, 0.3) is 16.9 Å². The Bertz CT molecular complexity index is 1090. The second kappa shape index (κ2) is 10.6. The average molecular weight is 437 g/mol. The number of carbonyl (C=O) groups is 2. The van der Waals surface area contributed by atoms with E-state index in [1.54, 1.807) is 12.1 Å². The molecule has 168 valence electrons. The van der Waals surface area contributed by atoms with Crippen LogP contribution in [-0.4, -0.2) is 42.5 Å². The van der Waals surface area contributed by atoms with Gasteiger partial charge < -0.3 is 14.2 Å². The first-order valence-corrected chi connectivity index (χ1v) is 10.6. The fourth-order valence-corrected chi connectivity index (χ4v) is 3.43. The highest BCUT2D eigenvalue weighted by atomic mass is 16.5. The van der Waals surface area contributed by atoms with Crippen LogP contribution < -0.4 is 4.74 Å². The van der Waals surface area contributed by atoms with Gasteiger partial charge in [0.25, 0.3) is 0 Å². The number of ether oxygens (including phenoxy) is 3. The molecule has 32 heavy (non-hydrogen) atoms. The summed E-state index contributed by atoms with van der Waals surface area (Å²) in [6, 6.07) is 14.8. The summed E-state index contributed by atoms with van der Waals surface area (Å²) in [6.45, 7) is 4.61. The third-order valence-corrected chi connectivity index (χ3v) is 5.05. The summed E-state index contributed by atoms with van der Waals surface area (Å²) in [5, 5.41) is 4.67. The van der Waals surface area contributed by atoms with Gasteiger partial charge in [-0.15, -0.1) is 0 Å². The maximum absolute atomic E-state index is 12.9. The Morgan fingerprint density at radius 2 is 1.69 bits per heavy atom. The van der Waals surface area contributed by atoms with E-state index in [0.717, 1.165) is 24.8 Å². The molecule has 0 saturated heterocycles. The van der Waals surface area contributed by atoms with Crippen LogP contribution in [0.15, 0.2) is 48.5 Å². The Morgan fingerprint density at radius 3 is 2.34 bits per heavy atom. The van der Waals surface area contributed by atoms with E-state index in [-0.39, 0.29) is 11.3 Å². The first-order chi connectivity index (χ1) is 15.5. The van der Waals surface area contributed by atoms with Crippen molar-refractivity contribution < 1.29 is 23.8 Å². The second-order valence-electron chi connectivity index (χ2n) is 7.36. The molecule has 0 radical (unpaired) electrons. The molecule has 2 aromatic carbocycles. The van der Waals surface area contributed by atoms with Gasteiger partial charge in [0.2, 0.25) is 0 Å². The van der Waals surface area contributed by atoms with Gasteiger partial charge in [0.1, 0.15) is 17.0 Å². The number of para-hydroxylation sites is 1. The minimum absolute atomic E-state index is 0.000936. The molecule has 0 aliphatic heterocycles. The Labute approximate surface area is 187 Å². The Hall–Kier alpha value is -3.61. The molecule has 7 heteroatoms. The summed E-state index contributed by atoms with van der Waals surface area (Å²) in [4.78, 5) is 25.6. The van der Waals surface area contributed by atoms with Crippen LogP contribution in [0.2, 0.25) is 0 Å². The third kappa shape index (κ3) is 4.82. The van der Waals surface area contributed by atoms with Gasteiger partial charge in [-0.2, -0.15) is 5.10 Å². The number of methoxy groups -OCH3 is 2. The number of aromatic nitrogens is 2. The lowest BCUT2D eigenvalue weighted by molar-refractivity contribution is 0.0549. The molecule has 0 spiro atoms. The second-order valence-corrected chi connectivity index (χ2v) is 7.36. The molecular weight excluding hydrogens is 408 g/mol. The van der Waals surface area contributed by atoms with Crippen LogP contribution in [-0.2, 0) is 9.47 Å². The number of carbonyl (C=O) groups excluding carboxylic acids is 2. The highest BCUT2D eigenvalue weighted by Crippen LogP contribution is 2.36. The van der Waals surface area contributed by atoms with Crippen molar-refractivity contribution in [2.24, 2.45) is 0 Å². The number of benzene rings is 2. The number of nitrogens with zero attached hydrogens (tertiary/aromatic N) is 2. The van der Waals surface area contributed by atoms with Crippen LogP contribution >= 0.6 is 0 Å². The van der Waals surface area contributed by atoms with Gasteiger partial charge in [0.15, 0.2) is 5.69 Å². The molecule has 3 aromatic rings. The standard InChI is InChI=1S/C25H28N2O5/c1-5-6-10-15-32-20-14-13-17(2)16-19(20)22-21(24(28)30-3)23(25(29)31-4)27(26-22)18-11-8-7-9-12-18/h7-9,11-14,16H,5-6,10,15H2,1-4H3. The molecule has 1 aromatic heterocycles. The van der Waals surface area contributed by atoms with Gasteiger partial charge in [-0.3, -0.25) is 0 Å². The van der Waals surface area contributed by atoms with Gasteiger partial charge in [-0.1, -0.05) is 49.6 Å². The molecule has 0 aliphatic rings. The number of rotatable bonds is 9. The maximum Gasteiger partial charge on any atom is 0.357 e. The fourth-order valence-electron chi connectivity index (χ4n) is 3.43. The lowest BCUT2D eigenvalue weighted by Crippen LogP contribution is -2.15. The summed E-state index contributed by atoms with van der Waals surface area (Å²) >= 11 is 0. The minimum atomic E-state index is -0.689. The first-order valence-electron chi connectivity index (χ1n) is 10.6. The van der Waals surface area contributed by atoms with Crippen LogP contribution in [0, 0.1) is 6.92 Å². The summed E-state index contributed by atoms with van der Waals surface area (Å²) in [6.07, 6.45) is 3.06. The number of hydrogen-bond acceptors (Lipinski definition) is 6. The SMILES string of the molecule is CCCCCOc1ccc(C)cc1-c1nn(-c2ccccc2)c(C(=O)OC)c1C(=O)OC. The van der Waals surface area contributed by atoms with Crippen LogP contribution in [0.3, 0.4) is 0 Å². The minimum Gasteiger partial charge on any atom is -0.493 e. The zero-order valence-corrected chi connectivity index (χ0v) is 18.9. The first kappa shape index (κ1) is 23.1. The zero-order valence-electron chi connectivity index (χ0n) is 18.9. The molecule has 7 nitrogen and oxygen atoms in total. The Balaban J connectivity index is 2.25. The molecule has 3 rings (SSSR count). The molecule has 0 atom stereocenters. The molecule has 0 N–H and O–H groups in total. The average Bonchev–Trinajstić information content (AvgIpc) is 3.22. The van der Waals surface area contributed by atoms with Gasteiger partial charge in [-0.05, 0) is 37.6 Å². The van der Waals surface area contributed by atoms with E-state index in [1.165, 1.54) is 18.9 Å². The predicted molar refractivity (Wildman–Crippen MR) is 121 cm³/mol. The summed E-state index contributed by atoms with van der Waals surface area (Å²) in [7, 11) is 2.53. The van der Waals surface area contributed by atoms with Crippen molar-refractivity contribution >= 4 is 11.9 Å². The van der Waals surface area contributed by atoms with E-state index < -0.39 is 11.9 Å². The fraction of sp³-hybridized carbons (Fsp3) is 0.320. The van der Waals surface area contributed by atoms with Crippen molar-refractivity contribution in [2.45, 2.75) is 33.1 Å². The summed E-state index contributed by atoms with van der Waals surface area (Å²) < 4.78 is 17.5. The molecule has 0 fully saturated rings. The summed E-state index contributed by atoms with van der Waals surface area (Å²) in [5.74, 6) is -0.780. The van der Waals surface area contributed by atoms with E-state index in [2.05, 4.69) is 12.0 Å².